The highest BCUT2D eigenvalue weighted by molar-refractivity contribution is 5.87. The first kappa shape index (κ1) is 10.8. The standard InChI is InChI=1S/C12H12FNO2/c13-11-3-1-9(2-4-11)10-5-6-14(8-15)12(16)7-10/h1-4,8,10H,5-7H2. The molecule has 0 saturated carbocycles. The van der Waals surface area contributed by atoms with E-state index in [1.807, 2.05) is 0 Å². The molecule has 1 aromatic carbocycles. The van der Waals surface area contributed by atoms with Crippen molar-refractivity contribution in [3.05, 3.63) is 35.6 Å². The van der Waals surface area contributed by atoms with Gasteiger partial charge in [0.2, 0.25) is 12.3 Å². The van der Waals surface area contributed by atoms with E-state index in [1.165, 1.54) is 17.0 Å². The molecule has 2 rings (SSSR count). The number of carbonyl (C=O) groups excluding carboxylic acids is 2. The van der Waals surface area contributed by atoms with Crippen LogP contribution >= 0.6 is 0 Å². The maximum atomic E-state index is 12.7. The van der Waals surface area contributed by atoms with E-state index in [-0.39, 0.29) is 17.6 Å². The summed E-state index contributed by atoms with van der Waals surface area (Å²) in [5.74, 6) is -0.333. The molecule has 0 spiro atoms. The van der Waals surface area contributed by atoms with Gasteiger partial charge in [-0.3, -0.25) is 14.5 Å². The number of halogens is 1. The molecule has 0 aliphatic carbocycles. The van der Waals surface area contributed by atoms with Crippen LogP contribution in [0.1, 0.15) is 24.3 Å². The minimum Gasteiger partial charge on any atom is -0.285 e. The maximum Gasteiger partial charge on any atom is 0.229 e. The number of imide groups is 1. The lowest BCUT2D eigenvalue weighted by Gasteiger charge is -2.27. The fraction of sp³-hybridized carbons (Fsp3) is 0.333. The third-order valence-electron chi connectivity index (χ3n) is 2.93. The van der Waals surface area contributed by atoms with Crippen molar-refractivity contribution in [2.45, 2.75) is 18.8 Å². The average molecular weight is 221 g/mol. The Bertz CT molecular complexity index is 402. The van der Waals surface area contributed by atoms with E-state index in [0.29, 0.717) is 19.4 Å². The van der Waals surface area contributed by atoms with Gasteiger partial charge in [-0.05, 0) is 30.0 Å². The quantitative estimate of drug-likeness (QED) is 0.712. The van der Waals surface area contributed by atoms with Gasteiger partial charge < -0.3 is 0 Å². The SMILES string of the molecule is O=CN1CCC(c2ccc(F)cc2)CC1=O. The van der Waals surface area contributed by atoms with Gasteiger partial charge in [0.15, 0.2) is 0 Å². The van der Waals surface area contributed by atoms with Crippen molar-refractivity contribution in [1.29, 1.82) is 0 Å². The molecule has 0 aromatic heterocycles. The molecule has 1 aliphatic rings. The zero-order valence-corrected chi connectivity index (χ0v) is 8.73. The Morgan fingerprint density at radius 2 is 2.00 bits per heavy atom. The van der Waals surface area contributed by atoms with Crippen molar-refractivity contribution in [2.75, 3.05) is 6.54 Å². The van der Waals surface area contributed by atoms with Crippen molar-refractivity contribution in [3.63, 3.8) is 0 Å². The molecule has 1 saturated heterocycles. The molecule has 2 amide bonds. The summed E-state index contributed by atoms with van der Waals surface area (Å²) >= 11 is 0. The Kier molecular flexibility index (Phi) is 2.99. The summed E-state index contributed by atoms with van der Waals surface area (Å²) in [6, 6.07) is 6.19. The summed E-state index contributed by atoms with van der Waals surface area (Å²) in [7, 11) is 0. The normalized spacial score (nSPS) is 20.9. The molecule has 0 bridgehead atoms. The molecule has 0 N–H and O–H groups in total. The van der Waals surface area contributed by atoms with Crippen LogP contribution in [0, 0.1) is 5.82 Å². The van der Waals surface area contributed by atoms with Gasteiger partial charge in [0.25, 0.3) is 0 Å². The molecule has 1 unspecified atom stereocenters. The molecule has 4 heteroatoms. The third-order valence-corrected chi connectivity index (χ3v) is 2.93. The fourth-order valence-corrected chi connectivity index (χ4v) is 1.98. The van der Waals surface area contributed by atoms with E-state index in [9.17, 15) is 14.0 Å². The second kappa shape index (κ2) is 4.43. The number of hydrogen-bond acceptors (Lipinski definition) is 2. The Morgan fingerprint density at radius 3 is 2.56 bits per heavy atom. The van der Waals surface area contributed by atoms with Crippen molar-refractivity contribution < 1.29 is 14.0 Å². The van der Waals surface area contributed by atoms with Gasteiger partial charge in [-0.25, -0.2) is 4.39 Å². The van der Waals surface area contributed by atoms with Crippen LogP contribution in [0.2, 0.25) is 0 Å². The minimum absolute atomic E-state index is 0.101. The van der Waals surface area contributed by atoms with Crippen molar-refractivity contribution >= 4 is 12.3 Å². The molecule has 1 atom stereocenters. The lowest BCUT2D eigenvalue weighted by atomic mass is 9.89. The number of likely N-dealkylation sites (tertiary alicyclic amines) is 1. The van der Waals surface area contributed by atoms with E-state index in [2.05, 4.69) is 0 Å². The van der Waals surface area contributed by atoms with Crippen LogP contribution in [0.3, 0.4) is 0 Å². The van der Waals surface area contributed by atoms with Crippen LogP contribution < -0.4 is 0 Å². The van der Waals surface area contributed by atoms with E-state index >= 15 is 0 Å². The molecule has 84 valence electrons. The maximum absolute atomic E-state index is 12.7. The summed E-state index contributed by atoms with van der Waals surface area (Å²) in [6.07, 6.45) is 1.64. The molecule has 1 fully saturated rings. The highest BCUT2D eigenvalue weighted by Crippen LogP contribution is 2.28. The molecule has 1 heterocycles. The van der Waals surface area contributed by atoms with E-state index in [0.717, 1.165) is 12.0 Å². The summed E-state index contributed by atoms with van der Waals surface area (Å²) in [5, 5.41) is 0. The van der Waals surface area contributed by atoms with E-state index in [4.69, 9.17) is 0 Å². The van der Waals surface area contributed by atoms with Gasteiger partial charge in [-0.1, -0.05) is 12.1 Å². The molecule has 0 radical (unpaired) electrons. The Balaban J connectivity index is 2.10. The molecule has 1 aromatic rings. The summed E-state index contributed by atoms with van der Waals surface area (Å²) < 4.78 is 12.7. The first-order valence-electron chi connectivity index (χ1n) is 5.21. The Morgan fingerprint density at radius 1 is 1.31 bits per heavy atom. The van der Waals surface area contributed by atoms with Crippen LogP contribution in [-0.4, -0.2) is 23.8 Å². The first-order chi connectivity index (χ1) is 7.70. The van der Waals surface area contributed by atoms with Crippen molar-refractivity contribution in [1.82, 2.24) is 4.90 Å². The second-order valence-corrected chi connectivity index (χ2v) is 3.93. The summed E-state index contributed by atoms with van der Waals surface area (Å²) in [5.41, 5.74) is 0.959. The van der Waals surface area contributed by atoms with Gasteiger partial charge in [-0.2, -0.15) is 0 Å². The summed E-state index contributed by atoms with van der Waals surface area (Å²) in [6.45, 7) is 0.449. The number of piperidine rings is 1. The van der Waals surface area contributed by atoms with Crippen LogP contribution in [0.4, 0.5) is 4.39 Å². The number of amides is 2. The zero-order valence-electron chi connectivity index (χ0n) is 8.73. The smallest absolute Gasteiger partial charge is 0.229 e. The molecule has 16 heavy (non-hydrogen) atoms. The van der Waals surface area contributed by atoms with Crippen LogP contribution in [0.15, 0.2) is 24.3 Å². The van der Waals surface area contributed by atoms with Gasteiger partial charge >= 0.3 is 0 Å². The van der Waals surface area contributed by atoms with E-state index in [1.54, 1.807) is 12.1 Å². The monoisotopic (exact) mass is 221 g/mol. The lowest BCUT2D eigenvalue weighted by molar-refractivity contribution is -0.140. The number of nitrogens with zero attached hydrogens (tertiary/aromatic N) is 1. The number of rotatable bonds is 2. The number of carbonyl (C=O) groups is 2. The van der Waals surface area contributed by atoms with Crippen molar-refractivity contribution in [3.8, 4) is 0 Å². The second-order valence-electron chi connectivity index (χ2n) is 3.93. The lowest BCUT2D eigenvalue weighted by Crippen LogP contribution is -2.36. The van der Waals surface area contributed by atoms with Crippen LogP contribution in [0.25, 0.3) is 0 Å². The molecular formula is C12H12FNO2. The topological polar surface area (TPSA) is 37.4 Å². The largest absolute Gasteiger partial charge is 0.285 e. The Hall–Kier alpha value is -1.71. The van der Waals surface area contributed by atoms with E-state index < -0.39 is 0 Å². The number of hydrogen-bond donors (Lipinski definition) is 0. The highest BCUT2D eigenvalue weighted by Gasteiger charge is 2.26. The van der Waals surface area contributed by atoms with Gasteiger partial charge in [-0.15, -0.1) is 0 Å². The molecule has 1 aliphatic heterocycles. The van der Waals surface area contributed by atoms with Gasteiger partial charge in [0.05, 0.1) is 0 Å². The van der Waals surface area contributed by atoms with Gasteiger partial charge in [0, 0.05) is 13.0 Å². The first-order valence-corrected chi connectivity index (χ1v) is 5.21. The van der Waals surface area contributed by atoms with Crippen LogP contribution in [-0.2, 0) is 9.59 Å². The molecule has 3 nitrogen and oxygen atoms in total. The Labute approximate surface area is 92.9 Å². The highest BCUT2D eigenvalue weighted by atomic mass is 19.1. The zero-order chi connectivity index (χ0) is 11.5. The summed E-state index contributed by atoms with van der Waals surface area (Å²) in [4.78, 5) is 23.2. The number of benzene rings is 1. The average Bonchev–Trinajstić information content (AvgIpc) is 2.30. The molecular weight excluding hydrogens is 209 g/mol. The third kappa shape index (κ3) is 2.10. The van der Waals surface area contributed by atoms with Crippen molar-refractivity contribution in [2.24, 2.45) is 0 Å². The predicted molar refractivity (Wildman–Crippen MR) is 56.2 cm³/mol. The van der Waals surface area contributed by atoms with Gasteiger partial charge in [0.1, 0.15) is 5.82 Å². The fourth-order valence-electron chi connectivity index (χ4n) is 1.98. The van der Waals surface area contributed by atoms with Crippen LogP contribution in [0.5, 0.6) is 0 Å². The predicted octanol–water partition coefficient (Wildman–Crippen LogP) is 1.69. The minimum atomic E-state index is -0.277.